The standard InChI is InChI=1S/C21H21N5S.CH4/c22-7-16-15-5-6-27-12-17(15)21(25-10-13-8-23-9-14(13)11-25)26-19-4-2-1-3-18(19)24-20(16)26;/h1-4,13-14,23H,5-6,8-12H2;1H4/t13-,14-;/m1./s1. The summed E-state index contributed by atoms with van der Waals surface area (Å²) in [5.74, 6) is 4.85. The fourth-order valence-electron chi connectivity index (χ4n) is 5.22. The summed E-state index contributed by atoms with van der Waals surface area (Å²) in [5, 5.41) is 13.5. The second-order valence-corrected chi connectivity index (χ2v) is 9.02. The van der Waals surface area contributed by atoms with Gasteiger partial charge in [-0.1, -0.05) is 19.6 Å². The molecule has 2 aromatic heterocycles. The third-order valence-electron chi connectivity index (χ3n) is 6.48. The van der Waals surface area contributed by atoms with E-state index in [1.54, 1.807) is 0 Å². The van der Waals surface area contributed by atoms with Crippen LogP contribution in [0.25, 0.3) is 16.7 Å². The van der Waals surface area contributed by atoms with Gasteiger partial charge in [-0.25, -0.2) is 4.98 Å². The maximum absolute atomic E-state index is 9.97. The molecule has 0 unspecified atom stereocenters. The number of benzene rings is 1. The van der Waals surface area contributed by atoms with Crippen molar-refractivity contribution in [2.75, 3.05) is 36.8 Å². The van der Waals surface area contributed by atoms with Crippen LogP contribution in [0.5, 0.6) is 0 Å². The average Bonchev–Trinajstić information content (AvgIpc) is 3.39. The van der Waals surface area contributed by atoms with Gasteiger partial charge in [-0.15, -0.1) is 0 Å². The van der Waals surface area contributed by atoms with Crippen LogP contribution in [-0.2, 0) is 12.2 Å². The number of hydrogen-bond donors (Lipinski definition) is 1. The van der Waals surface area contributed by atoms with Gasteiger partial charge in [0.2, 0.25) is 0 Å². The molecule has 2 saturated heterocycles. The van der Waals surface area contributed by atoms with Gasteiger partial charge in [0.25, 0.3) is 0 Å². The van der Waals surface area contributed by atoms with Crippen LogP contribution in [0.4, 0.5) is 5.82 Å². The van der Waals surface area contributed by atoms with Crippen molar-refractivity contribution in [1.29, 1.82) is 5.26 Å². The van der Waals surface area contributed by atoms with Crippen molar-refractivity contribution in [2.24, 2.45) is 11.8 Å². The molecule has 2 fully saturated rings. The summed E-state index contributed by atoms with van der Waals surface area (Å²) in [6, 6.07) is 10.8. The molecular formula is C22H25N5S. The molecule has 1 N–H and O–H groups in total. The van der Waals surface area contributed by atoms with Crippen molar-refractivity contribution in [1.82, 2.24) is 14.7 Å². The summed E-state index contributed by atoms with van der Waals surface area (Å²) >= 11 is 1.99. The van der Waals surface area contributed by atoms with Gasteiger partial charge >= 0.3 is 0 Å². The van der Waals surface area contributed by atoms with E-state index in [0.29, 0.717) is 0 Å². The van der Waals surface area contributed by atoms with Gasteiger partial charge in [0.1, 0.15) is 11.9 Å². The Hall–Kier alpha value is -2.23. The summed E-state index contributed by atoms with van der Waals surface area (Å²) in [7, 11) is 0. The molecule has 144 valence electrons. The lowest BCUT2D eigenvalue weighted by molar-refractivity contribution is 0.533. The van der Waals surface area contributed by atoms with Gasteiger partial charge < -0.3 is 10.2 Å². The van der Waals surface area contributed by atoms with Gasteiger partial charge in [-0.2, -0.15) is 17.0 Å². The number of nitrogens with zero attached hydrogens (tertiary/aromatic N) is 4. The first-order valence-corrected chi connectivity index (χ1v) is 10.9. The van der Waals surface area contributed by atoms with E-state index < -0.39 is 0 Å². The third-order valence-corrected chi connectivity index (χ3v) is 7.46. The molecule has 0 radical (unpaired) electrons. The number of pyridine rings is 1. The Bertz CT molecular complexity index is 1100. The molecular weight excluding hydrogens is 366 g/mol. The Morgan fingerprint density at radius 1 is 1.14 bits per heavy atom. The lowest BCUT2D eigenvalue weighted by atomic mass is 10.0. The van der Waals surface area contributed by atoms with E-state index in [1.165, 1.54) is 16.9 Å². The number of fused-ring (bicyclic) bond motifs is 5. The fourth-order valence-corrected chi connectivity index (χ4v) is 6.22. The molecule has 1 aromatic carbocycles. The average molecular weight is 392 g/mol. The third kappa shape index (κ3) is 2.39. The zero-order chi connectivity index (χ0) is 18.0. The Balaban J connectivity index is 0.00000171. The normalized spacial score (nSPS) is 23.5. The van der Waals surface area contributed by atoms with Gasteiger partial charge in [0.05, 0.1) is 16.6 Å². The van der Waals surface area contributed by atoms with E-state index in [2.05, 4.69) is 38.9 Å². The Morgan fingerprint density at radius 2 is 1.93 bits per heavy atom. The maximum Gasteiger partial charge on any atom is 0.157 e. The fraction of sp³-hybridized carbons (Fsp3) is 0.455. The first-order chi connectivity index (χ1) is 13.3. The molecule has 6 heteroatoms. The predicted octanol–water partition coefficient (Wildman–Crippen LogP) is 3.44. The van der Waals surface area contributed by atoms with Crippen molar-refractivity contribution < 1.29 is 0 Å². The van der Waals surface area contributed by atoms with E-state index in [9.17, 15) is 5.26 Å². The van der Waals surface area contributed by atoms with Gasteiger partial charge in [0, 0.05) is 37.5 Å². The minimum Gasteiger partial charge on any atom is -0.357 e. The first kappa shape index (κ1) is 17.8. The van der Waals surface area contributed by atoms with Crippen LogP contribution in [0.2, 0.25) is 0 Å². The van der Waals surface area contributed by atoms with Crippen LogP contribution >= 0.6 is 11.8 Å². The van der Waals surface area contributed by atoms with E-state index in [0.717, 1.165) is 78.2 Å². The second-order valence-electron chi connectivity index (χ2n) is 7.91. The quantitative estimate of drug-likeness (QED) is 0.689. The number of nitrogens with one attached hydrogen (secondary N) is 1. The van der Waals surface area contributed by atoms with Crippen LogP contribution in [-0.4, -0.2) is 41.3 Å². The lowest BCUT2D eigenvalue weighted by Gasteiger charge is -2.29. The summed E-state index contributed by atoms with van der Waals surface area (Å²) in [6.07, 6.45) is 0.970. The van der Waals surface area contributed by atoms with Gasteiger partial charge in [-0.05, 0) is 41.7 Å². The summed E-state index contributed by atoms with van der Waals surface area (Å²) < 4.78 is 2.28. The van der Waals surface area contributed by atoms with Crippen LogP contribution in [0.15, 0.2) is 24.3 Å². The molecule has 6 rings (SSSR count). The van der Waals surface area contributed by atoms with Crippen molar-refractivity contribution in [2.45, 2.75) is 19.6 Å². The highest BCUT2D eigenvalue weighted by Gasteiger charge is 2.39. The molecule has 0 spiro atoms. The molecule has 5 nitrogen and oxygen atoms in total. The number of nitriles is 1. The SMILES string of the molecule is C.N#Cc1c2c(c(N3C[C@H]4CNC[C@@H]4C3)n3c1nc1ccccc13)CSCC2. The number of hydrogen-bond acceptors (Lipinski definition) is 5. The molecule has 28 heavy (non-hydrogen) atoms. The highest BCUT2D eigenvalue weighted by molar-refractivity contribution is 7.98. The summed E-state index contributed by atoms with van der Waals surface area (Å²) in [5.41, 5.74) is 6.33. The Morgan fingerprint density at radius 3 is 2.71 bits per heavy atom. The molecule has 2 atom stereocenters. The predicted molar refractivity (Wildman–Crippen MR) is 116 cm³/mol. The second kappa shape index (κ2) is 6.68. The molecule has 0 aliphatic carbocycles. The number of anilines is 1. The van der Waals surface area contributed by atoms with Crippen LogP contribution < -0.4 is 10.2 Å². The number of thioether (sulfide) groups is 1. The van der Waals surface area contributed by atoms with Crippen LogP contribution in [0.3, 0.4) is 0 Å². The molecule has 5 heterocycles. The minimum absolute atomic E-state index is 0. The zero-order valence-corrected chi connectivity index (χ0v) is 15.9. The summed E-state index contributed by atoms with van der Waals surface area (Å²) in [4.78, 5) is 7.48. The van der Waals surface area contributed by atoms with E-state index in [1.807, 2.05) is 17.8 Å². The highest BCUT2D eigenvalue weighted by Crippen LogP contribution is 2.41. The maximum atomic E-state index is 9.97. The molecule has 3 aliphatic heterocycles. The van der Waals surface area contributed by atoms with E-state index >= 15 is 0 Å². The molecule has 3 aliphatic rings. The number of para-hydroxylation sites is 2. The molecule has 0 bridgehead atoms. The lowest BCUT2D eigenvalue weighted by Crippen LogP contribution is -2.29. The number of aromatic nitrogens is 2. The summed E-state index contributed by atoms with van der Waals surface area (Å²) in [6.45, 7) is 4.45. The van der Waals surface area contributed by atoms with Crippen molar-refractivity contribution in [3.05, 3.63) is 41.0 Å². The van der Waals surface area contributed by atoms with Crippen molar-refractivity contribution in [3.8, 4) is 6.07 Å². The highest BCUT2D eigenvalue weighted by atomic mass is 32.2. The van der Waals surface area contributed by atoms with Gasteiger partial charge in [-0.3, -0.25) is 4.40 Å². The first-order valence-electron chi connectivity index (χ1n) is 9.73. The molecule has 0 saturated carbocycles. The van der Waals surface area contributed by atoms with Gasteiger partial charge in [0.15, 0.2) is 5.65 Å². The monoisotopic (exact) mass is 391 g/mol. The molecule has 3 aromatic rings. The topological polar surface area (TPSA) is 56.4 Å². The van der Waals surface area contributed by atoms with Crippen LogP contribution in [0, 0.1) is 23.2 Å². The number of imidazole rings is 1. The smallest absolute Gasteiger partial charge is 0.157 e. The van der Waals surface area contributed by atoms with Crippen LogP contribution in [0.1, 0.15) is 24.1 Å². The zero-order valence-electron chi connectivity index (χ0n) is 15.1. The van der Waals surface area contributed by atoms with E-state index in [4.69, 9.17) is 4.98 Å². The molecule has 0 amide bonds. The van der Waals surface area contributed by atoms with Crippen molar-refractivity contribution in [3.63, 3.8) is 0 Å². The minimum atomic E-state index is 0. The van der Waals surface area contributed by atoms with Crippen molar-refractivity contribution >= 4 is 34.3 Å². The van der Waals surface area contributed by atoms with E-state index in [-0.39, 0.29) is 7.43 Å². The largest absolute Gasteiger partial charge is 0.357 e. The number of rotatable bonds is 1. The Labute approximate surface area is 169 Å². The Kier molecular flexibility index (Phi) is 4.26.